The fourth-order valence-corrected chi connectivity index (χ4v) is 1.77. The number of amides is 1. The van der Waals surface area contributed by atoms with Crippen LogP contribution in [-0.2, 0) is 23.3 Å². The molecule has 0 aromatic carbocycles. The lowest BCUT2D eigenvalue weighted by molar-refractivity contribution is -0.127. The molecule has 0 radical (unpaired) electrons. The number of rotatable bonds is 1. The highest BCUT2D eigenvalue weighted by atomic mass is 16.2. The molecule has 1 aliphatic heterocycles. The maximum Gasteiger partial charge on any atom is 0.246 e. The van der Waals surface area contributed by atoms with Crippen LogP contribution in [0.2, 0.25) is 0 Å². The van der Waals surface area contributed by atoms with Gasteiger partial charge in [0.1, 0.15) is 5.82 Å². The fraction of sp³-hybridized carbons (Fsp3) is 0.583. The molecule has 0 atom stereocenters. The van der Waals surface area contributed by atoms with E-state index in [9.17, 15) is 4.79 Å². The summed E-state index contributed by atoms with van der Waals surface area (Å²) in [6, 6.07) is 0. The molecular weight excluding hydrogens is 216 g/mol. The Morgan fingerprint density at radius 1 is 1.41 bits per heavy atom. The second-order valence-corrected chi connectivity index (χ2v) is 5.29. The van der Waals surface area contributed by atoms with Gasteiger partial charge in [-0.2, -0.15) is 5.10 Å². The van der Waals surface area contributed by atoms with Gasteiger partial charge in [-0.1, -0.05) is 27.4 Å². The molecule has 5 heteroatoms. The first kappa shape index (κ1) is 11.8. The Kier molecular flexibility index (Phi) is 2.77. The second kappa shape index (κ2) is 3.98. The maximum atomic E-state index is 11.5. The number of carbonyl (C=O) groups excluding carboxylic acids is 1. The summed E-state index contributed by atoms with van der Waals surface area (Å²) in [7, 11) is 0. The Hall–Kier alpha value is -1.65. The third-order valence-corrected chi connectivity index (χ3v) is 2.82. The lowest BCUT2D eigenvalue weighted by atomic mass is 9.96. The van der Waals surface area contributed by atoms with E-state index in [0.29, 0.717) is 19.6 Å². The van der Waals surface area contributed by atoms with Crippen LogP contribution in [0.15, 0.2) is 12.7 Å². The Morgan fingerprint density at radius 3 is 2.71 bits per heavy atom. The number of fused-ring (bicyclic) bond motifs is 1. The van der Waals surface area contributed by atoms with Crippen LogP contribution in [0.25, 0.3) is 0 Å². The molecule has 1 aromatic rings. The molecule has 1 amide bonds. The Labute approximate surface area is 101 Å². The molecule has 0 N–H and O–H groups in total. The van der Waals surface area contributed by atoms with Gasteiger partial charge in [0.05, 0.1) is 13.1 Å². The molecule has 0 saturated carbocycles. The molecule has 0 unspecified atom stereocenters. The molecule has 17 heavy (non-hydrogen) atoms. The number of hydrogen-bond donors (Lipinski definition) is 0. The van der Waals surface area contributed by atoms with Crippen molar-refractivity contribution < 1.29 is 4.79 Å². The summed E-state index contributed by atoms with van der Waals surface area (Å²) in [5, 5.41) is 4.48. The maximum absolute atomic E-state index is 11.5. The van der Waals surface area contributed by atoms with Gasteiger partial charge in [0, 0.05) is 12.0 Å². The highest BCUT2D eigenvalue weighted by Crippen LogP contribution is 2.20. The van der Waals surface area contributed by atoms with Crippen molar-refractivity contribution in [2.75, 3.05) is 6.54 Å². The first-order chi connectivity index (χ1) is 7.91. The van der Waals surface area contributed by atoms with Crippen LogP contribution in [0, 0.1) is 0 Å². The number of nitrogens with zero attached hydrogens (tertiary/aromatic N) is 4. The molecule has 0 aliphatic carbocycles. The van der Waals surface area contributed by atoms with E-state index in [0.717, 1.165) is 11.6 Å². The van der Waals surface area contributed by atoms with E-state index in [2.05, 4.69) is 37.4 Å². The summed E-state index contributed by atoms with van der Waals surface area (Å²) in [6.07, 6.45) is 1.34. The van der Waals surface area contributed by atoms with E-state index < -0.39 is 0 Å². The average Bonchev–Trinajstić information content (AvgIpc) is 2.70. The van der Waals surface area contributed by atoms with E-state index >= 15 is 0 Å². The Balaban J connectivity index is 2.24. The minimum atomic E-state index is -0.0579. The van der Waals surface area contributed by atoms with Gasteiger partial charge < -0.3 is 4.90 Å². The predicted octanol–water partition coefficient (Wildman–Crippen LogP) is 1.10. The van der Waals surface area contributed by atoms with Crippen LogP contribution < -0.4 is 0 Å². The van der Waals surface area contributed by atoms with Crippen LogP contribution >= 0.6 is 0 Å². The van der Waals surface area contributed by atoms with Crippen LogP contribution in [0.5, 0.6) is 0 Å². The first-order valence-electron chi connectivity index (χ1n) is 5.77. The van der Waals surface area contributed by atoms with Crippen LogP contribution in [0.3, 0.4) is 0 Å². The lowest BCUT2D eigenvalue weighted by Crippen LogP contribution is -2.37. The molecule has 2 rings (SSSR count). The zero-order chi connectivity index (χ0) is 12.6. The van der Waals surface area contributed by atoms with Gasteiger partial charge >= 0.3 is 0 Å². The van der Waals surface area contributed by atoms with E-state index in [1.807, 2.05) is 4.68 Å². The summed E-state index contributed by atoms with van der Waals surface area (Å²) in [4.78, 5) is 17.8. The minimum Gasteiger partial charge on any atom is -0.330 e. The van der Waals surface area contributed by atoms with Gasteiger partial charge in [-0.3, -0.25) is 4.79 Å². The van der Waals surface area contributed by atoms with Gasteiger partial charge in [0.2, 0.25) is 5.91 Å². The van der Waals surface area contributed by atoms with Crippen LogP contribution in [0.1, 0.15) is 32.4 Å². The summed E-state index contributed by atoms with van der Waals surface area (Å²) in [5.41, 5.74) is -0.0579. The van der Waals surface area contributed by atoms with Gasteiger partial charge in [-0.25, -0.2) is 9.67 Å². The molecule has 92 valence electrons. The SMILES string of the molecule is C=CC(=O)N1CCn2nc(C(C)(C)C)nc2C1. The summed E-state index contributed by atoms with van der Waals surface area (Å²) in [5.74, 6) is 1.65. The van der Waals surface area contributed by atoms with E-state index in [1.165, 1.54) is 6.08 Å². The molecule has 1 aliphatic rings. The fourth-order valence-electron chi connectivity index (χ4n) is 1.77. The summed E-state index contributed by atoms with van der Waals surface area (Å²) in [6.45, 7) is 11.7. The van der Waals surface area contributed by atoms with Crippen molar-refractivity contribution in [1.29, 1.82) is 0 Å². The van der Waals surface area contributed by atoms with Gasteiger partial charge in [-0.15, -0.1) is 0 Å². The molecule has 1 aromatic heterocycles. The smallest absolute Gasteiger partial charge is 0.246 e. The molecule has 0 bridgehead atoms. The summed E-state index contributed by atoms with van der Waals surface area (Å²) < 4.78 is 1.90. The molecule has 5 nitrogen and oxygen atoms in total. The third-order valence-electron chi connectivity index (χ3n) is 2.82. The Bertz CT molecular complexity index is 456. The van der Waals surface area contributed by atoms with Crippen molar-refractivity contribution >= 4 is 5.91 Å². The van der Waals surface area contributed by atoms with Crippen molar-refractivity contribution in [1.82, 2.24) is 19.7 Å². The quantitative estimate of drug-likeness (QED) is 0.684. The van der Waals surface area contributed by atoms with Crippen LogP contribution in [0.4, 0.5) is 0 Å². The van der Waals surface area contributed by atoms with Crippen molar-refractivity contribution in [3.8, 4) is 0 Å². The topological polar surface area (TPSA) is 51.0 Å². The monoisotopic (exact) mass is 234 g/mol. The Morgan fingerprint density at radius 2 is 2.12 bits per heavy atom. The van der Waals surface area contributed by atoms with Crippen molar-refractivity contribution in [2.24, 2.45) is 0 Å². The van der Waals surface area contributed by atoms with Crippen molar-refractivity contribution in [2.45, 2.75) is 39.3 Å². The number of hydrogen-bond acceptors (Lipinski definition) is 3. The van der Waals surface area contributed by atoms with Crippen LogP contribution in [-0.4, -0.2) is 32.1 Å². The summed E-state index contributed by atoms with van der Waals surface area (Å²) >= 11 is 0. The first-order valence-corrected chi connectivity index (χ1v) is 5.77. The zero-order valence-corrected chi connectivity index (χ0v) is 10.6. The highest BCUT2D eigenvalue weighted by Gasteiger charge is 2.26. The zero-order valence-electron chi connectivity index (χ0n) is 10.6. The van der Waals surface area contributed by atoms with Crippen molar-refractivity contribution in [3.05, 3.63) is 24.3 Å². The average molecular weight is 234 g/mol. The number of aromatic nitrogens is 3. The molecule has 0 fully saturated rings. The van der Waals surface area contributed by atoms with E-state index in [-0.39, 0.29) is 11.3 Å². The number of carbonyl (C=O) groups is 1. The molecule has 0 saturated heterocycles. The standard InChI is InChI=1S/C12H18N4O/c1-5-10(17)15-6-7-16-9(8-15)13-11(14-16)12(2,3)4/h5H,1,6-8H2,2-4H3. The van der Waals surface area contributed by atoms with Crippen molar-refractivity contribution in [3.63, 3.8) is 0 Å². The minimum absolute atomic E-state index is 0.0449. The van der Waals surface area contributed by atoms with E-state index in [1.54, 1.807) is 4.90 Å². The van der Waals surface area contributed by atoms with E-state index in [4.69, 9.17) is 0 Å². The molecular formula is C12H18N4O. The largest absolute Gasteiger partial charge is 0.330 e. The highest BCUT2D eigenvalue weighted by molar-refractivity contribution is 5.86. The van der Waals surface area contributed by atoms with Gasteiger partial charge in [0.15, 0.2) is 5.82 Å². The van der Waals surface area contributed by atoms with Gasteiger partial charge in [0.25, 0.3) is 0 Å². The molecule has 2 heterocycles. The lowest BCUT2D eigenvalue weighted by Gasteiger charge is -2.25. The molecule has 0 spiro atoms. The van der Waals surface area contributed by atoms with Gasteiger partial charge in [-0.05, 0) is 6.08 Å². The third kappa shape index (κ3) is 2.23. The predicted molar refractivity (Wildman–Crippen MR) is 64.3 cm³/mol. The second-order valence-electron chi connectivity index (χ2n) is 5.29. The normalized spacial score (nSPS) is 15.6.